The van der Waals surface area contributed by atoms with Crippen molar-refractivity contribution in [2.75, 3.05) is 0 Å². The fraction of sp³-hybridized carbons (Fsp3) is 0.226. The average Bonchev–Trinajstić information content (AvgIpc) is 2.97. The number of benzene rings is 3. The highest BCUT2D eigenvalue weighted by molar-refractivity contribution is 7.91. The van der Waals surface area contributed by atoms with E-state index in [9.17, 15) is 32.8 Å². The van der Waals surface area contributed by atoms with E-state index in [-0.39, 0.29) is 21.8 Å². The van der Waals surface area contributed by atoms with Gasteiger partial charge < -0.3 is 10.8 Å². The molecule has 0 aliphatic heterocycles. The molecule has 0 aliphatic carbocycles. The Morgan fingerprint density at radius 1 is 1.12 bits per heavy atom. The van der Waals surface area contributed by atoms with Gasteiger partial charge in [-0.25, -0.2) is 12.8 Å². The summed E-state index contributed by atoms with van der Waals surface area (Å²) < 4.78 is 43.4. The Labute approximate surface area is 242 Å². The van der Waals surface area contributed by atoms with E-state index in [0.29, 0.717) is 36.0 Å². The van der Waals surface area contributed by atoms with Crippen molar-refractivity contribution >= 4 is 15.7 Å². The predicted octanol–water partition coefficient (Wildman–Crippen LogP) is 4.90. The van der Waals surface area contributed by atoms with Gasteiger partial charge in [0, 0.05) is 17.5 Å². The van der Waals surface area contributed by atoms with Gasteiger partial charge in [0.05, 0.1) is 22.6 Å². The van der Waals surface area contributed by atoms with Crippen LogP contribution in [0.1, 0.15) is 66.5 Å². The van der Waals surface area contributed by atoms with Crippen molar-refractivity contribution in [1.29, 1.82) is 5.26 Å². The highest BCUT2D eigenvalue weighted by atomic mass is 32.2. The van der Waals surface area contributed by atoms with E-state index >= 15 is 0 Å². The summed E-state index contributed by atoms with van der Waals surface area (Å²) in [4.78, 5) is 28.3. The molecule has 0 fully saturated rings. The number of unbranched alkanes of at least 4 members (excludes halogenated alkanes) is 1. The van der Waals surface area contributed by atoms with Crippen molar-refractivity contribution < 1.29 is 22.7 Å². The van der Waals surface area contributed by atoms with Crippen molar-refractivity contribution in [2.45, 2.75) is 55.4 Å². The number of aryl methyl sites for hydroxylation is 1. The van der Waals surface area contributed by atoms with Gasteiger partial charge >= 0.3 is 0 Å². The van der Waals surface area contributed by atoms with Crippen LogP contribution in [-0.4, -0.2) is 29.0 Å². The van der Waals surface area contributed by atoms with Gasteiger partial charge in [-0.3, -0.25) is 14.2 Å². The third-order valence-electron chi connectivity index (χ3n) is 6.98. The van der Waals surface area contributed by atoms with Gasteiger partial charge in [0.2, 0.25) is 21.6 Å². The van der Waals surface area contributed by atoms with Crippen LogP contribution < -0.4 is 11.3 Å². The second-order valence-corrected chi connectivity index (χ2v) is 11.6. The lowest BCUT2D eigenvalue weighted by Gasteiger charge is -2.23. The summed E-state index contributed by atoms with van der Waals surface area (Å²) >= 11 is 0. The van der Waals surface area contributed by atoms with Gasteiger partial charge in [-0.1, -0.05) is 50.6 Å². The molecule has 0 aliphatic rings. The normalized spacial score (nSPS) is 12.0. The first-order chi connectivity index (χ1) is 20.0. The molecule has 1 unspecified atom stereocenters. The molecule has 4 aromatic rings. The molecule has 1 heterocycles. The second-order valence-electron chi connectivity index (χ2n) is 9.71. The fourth-order valence-corrected chi connectivity index (χ4v) is 6.18. The summed E-state index contributed by atoms with van der Waals surface area (Å²) in [7, 11) is -4.58. The quantitative estimate of drug-likeness (QED) is 0.267. The molecule has 1 aromatic heterocycles. The SMILES string of the molecule is CCCCc1nc(O)c(S(=O)(=O)c2ccc(-c3ccc(C(N)=O)cc3F)cc2)c(=O)n1C(CC)c1cccc(C#N)c1. The number of primary amides is 1. The molecule has 11 heteroatoms. The zero-order valence-electron chi connectivity index (χ0n) is 23.0. The van der Waals surface area contributed by atoms with E-state index in [0.717, 1.165) is 12.5 Å². The van der Waals surface area contributed by atoms with Crippen LogP contribution >= 0.6 is 0 Å². The Morgan fingerprint density at radius 2 is 1.83 bits per heavy atom. The maximum atomic E-state index is 14.6. The summed E-state index contributed by atoms with van der Waals surface area (Å²) in [5, 5.41) is 20.2. The van der Waals surface area contributed by atoms with E-state index in [2.05, 4.69) is 11.1 Å². The maximum Gasteiger partial charge on any atom is 0.277 e. The van der Waals surface area contributed by atoms with Crippen LogP contribution in [0.25, 0.3) is 11.1 Å². The Balaban J connectivity index is 1.84. The number of carbonyl (C=O) groups is 1. The van der Waals surface area contributed by atoms with Crippen molar-refractivity contribution in [2.24, 2.45) is 5.73 Å². The van der Waals surface area contributed by atoms with Crippen LogP contribution in [0, 0.1) is 17.1 Å². The van der Waals surface area contributed by atoms with Crippen LogP contribution in [0.2, 0.25) is 0 Å². The first-order valence-electron chi connectivity index (χ1n) is 13.3. The van der Waals surface area contributed by atoms with Gasteiger partial charge in [0.15, 0.2) is 4.90 Å². The number of hydrogen-bond donors (Lipinski definition) is 2. The minimum atomic E-state index is -4.58. The first kappa shape index (κ1) is 30.1. The van der Waals surface area contributed by atoms with E-state index in [4.69, 9.17) is 5.73 Å². The number of nitriles is 1. The second kappa shape index (κ2) is 12.4. The Kier molecular flexibility index (Phi) is 8.87. The number of hydrogen-bond acceptors (Lipinski definition) is 7. The number of aromatic hydroxyl groups is 1. The highest BCUT2D eigenvalue weighted by Crippen LogP contribution is 2.31. The summed E-state index contributed by atoms with van der Waals surface area (Å²) in [5.41, 5.74) is 5.70. The molecular formula is C31H29FN4O5S. The van der Waals surface area contributed by atoms with Crippen molar-refractivity contribution in [3.05, 3.63) is 105 Å². The molecule has 4 rings (SSSR count). The van der Waals surface area contributed by atoms with Gasteiger partial charge in [-0.2, -0.15) is 10.2 Å². The molecule has 216 valence electrons. The lowest BCUT2D eigenvalue weighted by atomic mass is 10.0. The van der Waals surface area contributed by atoms with E-state index in [1.54, 1.807) is 24.3 Å². The van der Waals surface area contributed by atoms with Crippen LogP contribution in [0.5, 0.6) is 5.88 Å². The lowest BCUT2D eigenvalue weighted by Crippen LogP contribution is -2.33. The molecule has 0 saturated heterocycles. The molecule has 42 heavy (non-hydrogen) atoms. The summed E-state index contributed by atoms with van der Waals surface area (Å²) in [6, 6.07) is 17.0. The molecule has 3 N–H and O–H groups in total. The summed E-state index contributed by atoms with van der Waals surface area (Å²) in [6.45, 7) is 3.78. The predicted molar refractivity (Wildman–Crippen MR) is 154 cm³/mol. The number of sulfone groups is 1. The molecule has 0 saturated carbocycles. The Hall–Kier alpha value is -4.82. The Bertz CT molecular complexity index is 1860. The molecule has 0 spiro atoms. The van der Waals surface area contributed by atoms with Crippen LogP contribution in [0.3, 0.4) is 0 Å². The summed E-state index contributed by atoms with van der Waals surface area (Å²) in [6.07, 6.45) is 2.12. The number of amides is 1. The van der Waals surface area contributed by atoms with Gasteiger partial charge in [0.1, 0.15) is 11.6 Å². The van der Waals surface area contributed by atoms with Crippen molar-refractivity contribution in [3.8, 4) is 23.1 Å². The van der Waals surface area contributed by atoms with E-state index < -0.39 is 43.9 Å². The van der Waals surface area contributed by atoms with Crippen molar-refractivity contribution in [3.63, 3.8) is 0 Å². The lowest BCUT2D eigenvalue weighted by molar-refractivity contribution is 0.1000. The van der Waals surface area contributed by atoms with Crippen LogP contribution in [0.4, 0.5) is 4.39 Å². The zero-order chi connectivity index (χ0) is 30.6. The summed E-state index contributed by atoms with van der Waals surface area (Å²) in [5.74, 6) is -2.18. The van der Waals surface area contributed by atoms with Crippen LogP contribution in [0.15, 0.2) is 81.3 Å². The molecule has 1 amide bonds. The third kappa shape index (κ3) is 5.80. The van der Waals surface area contributed by atoms with Crippen molar-refractivity contribution in [1.82, 2.24) is 9.55 Å². The number of carbonyl (C=O) groups excluding carboxylic acids is 1. The van der Waals surface area contributed by atoms with E-state index in [1.165, 1.54) is 41.0 Å². The molecule has 3 aromatic carbocycles. The molecule has 0 bridgehead atoms. The minimum Gasteiger partial charge on any atom is -0.492 e. The number of aromatic nitrogens is 2. The number of nitrogens with two attached hydrogens (primary N) is 1. The zero-order valence-corrected chi connectivity index (χ0v) is 23.9. The monoisotopic (exact) mass is 588 g/mol. The average molecular weight is 589 g/mol. The smallest absolute Gasteiger partial charge is 0.277 e. The topological polar surface area (TPSA) is 156 Å². The molecule has 1 atom stereocenters. The van der Waals surface area contributed by atoms with Gasteiger partial charge in [0.25, 0.3) is 5.56 Å². The fourth-order valence-electron chi connectivity index (χ4n) is 4.83. The number of rotatable bonds is 10. The number of halogens is 1. The van der Waals surface area contributed by atoms with Gasteiger partial charge in [-0.15, -0.1) is 0 Å². The first-order valence-corrected chi connectivity index (χ1v) is 14.8. The largest absolute Gasteiger partial charge is 0.492 e. The Morgan fingerprint density at radius 3 is 2.43 bits per heavy atom. The maximum absolute atomic E-state index is 14.6. The third-order valence-corrected chi connectivity index (χ3v) is 8.77. The minimum absolute atomic E-state index is 0.0122. The number of nitrogens with zero attached hydrogens (tertiary/aromatic N) is 3. The highest BCUT2D eigenvalue weighted by Gasteiger charge is 2.31. The molecule has 9 nitrogen and oxygen atoms in total. The van der Waals surface area contributed by atoms with Gasteiger partial charge in [-0.05, 0) is 60.4 Å². The molecule has 0 radical (unpaired) electrons. The van der Waals surface area contributed by atoms with Crippen LogP contribution in [-0.2, 0) is 16.3 Å². The van der Waals surface area contributed by atoms with E-state index in [1.807, 2.05) is 13.8 Å². The standard InChI is InChI=1S/C31H29FN4O5S/c1-3-5-9-27-35-30(38)28(31(39)36(27)26(4-2)21-8-6-7-19(16-21)18-33)42(40,41)23-13-10-20(11-14-23)24-15-12-22(29(34)37)17-25(24)32/h6-8,10-17,26,38H,3-5,9H2,1-2H3,(H2,34,37). The molecular weight excluding hydrogens is 559 g/mol.